The molecule has 3 N–H and O–H groups in total. The molecule has 1 heterocycles. The molecule has 0 saturated carbocycles. The van der Waals surface area contributed by atoms with Crippen LogP contribution in [0.4, 0.5) is 13.2 Å². The van der Waals surface area contributed by atoms with Crippen LogP contribution in [0, 0.1) is 0 Å². The molecule has 0 spiro atoms. The third-order valence-corrected chi connectivity index (χ3v) is 3.02. The molecule has 6 nitrogen and oxygen atoms in total. The molecule has 0 aliphatic carbocycles. The Hall–Kier alpha value is -1.35. The van der Waals surface area contributed by atoms with Crippen LogP contribution in [0.2, 0.25) is 0 Å². The van der Waals surface area contributed by atoms with Gasteiger partial charge in [-0.15, -0.1) is 0 Å². The van der Waals surface area contributed by atoms with Gasteiger partial charge in [-0.25, -0.2) is 0 Å². The highest BCUT2D eigenvalue weighted by atomic mass is 19.4. The zero-order chi connectivity index (χ0) is 15.4. The normalized spacial score (nSPS) is 18.4. The van der Waals surface area contributed by atoms with Crippen LogP contribution in [0.25, 0.3) is 0 Å². The Kier molecular flexibility index (Phi) is 5.35. The minimum absolute atomic E-state index is 0.320. The number of amides is 2. The Morgan fingerprint density at radius 2 is 1.90 bits per heavy atom. The maximum Gasteiger partial charge on any atom is 0.405 e. The average molecular weight is 297 g/mol. The lowest BCUT2D eigenvalue weighted by atomic mass is 9.90. The summed E-state index contributed by atoms with van der Waals surface area (Å²) in [5.74, 6) is -1.35. The van der Waals surface area contributed by atoms with Crippen LogP contribution in [-0.4, -0.2) is 61.8 Å². The van der Waals surface area contributed by atoms with Gasteiger partial charge in [-0.3, -0.25) is 9.59 Å². The molecule has 1 fully saturated rings. The monoisotopic (exact) mass is 297 g/mol. The van der Waals surface area contributed by atoms with E-state index in [1.54, 1.807) is 5.32 Å². The first-order valence-electron chi connectivity index (χ1n) is 6.10. The molecule has 9 heteroatoms. The predicted octanol–water partition coefficient (Wildman–Crippen LogP) is -0.369. The second-order valence-electron chi connectivity index (χ2n) is 4.82. The molecule has 1 rings (SSSR count). The molecule has 1 saturated heterocycles. The standard InChI is InChI=1S/C11H18F3N3O3/c1-17(6-8(18)16-7-11(12,13)14)9(19)10(15)2-4-20-5-3-10/h2-7,15H2,1H3,(H,16,18). The minimum atomic E-state index is -4.48. The van der Waals surface area contributed by atoms with E-state index >= 15 is 0 Å². The summed E-state index contributed by atoms with van der Waals surface area (Å²) < 4.78 is 40.9. The summed E-state index contributed by atoms with van der Waals surface area (Å²) in [4.78, 5) is 24.5. The van der Waals surface area contributed by atoms with Crippen molar-refractivity contribution in [1.82, 2.24) is 10.2 Å². The van der Waals surface area contributed by atoms with Crippen LogP contribution in [0.1, 0.15) is 12.8 Å². The van der Waals surface area contributed by atoms with Crippen molar-refractivity contribution in [2.24, 2.45) is 5.73 Å². The molecule has 1 aliphatic rings. The van der Waals surface area contributed by atoms with Crippen molar-refractivity contribution < 1.29 is 27.5 Å². The van der Waals surface area contributed by atoms with Gasteiger partial charge in [0.15, 0.2) is 0 Å². The highest BCUT2D eigenvalue weighted by Crippen LogP contribution is 2.19. The van der Waals surface area contributed by atoms with Gasteiger partial charge in [0.2, 0.25) is 11.8 Å². The van der Waals surface area contributed by atoms with Crippen LogP contribution in [0.5, 0.6) is 0 Å². The number of nitrogens with two attached hydrogens (primary N) is 1. The number of hydrogen-bond donors (Lipinski definition) is 2. The summed E-state index contributed by atoms with van der Waals surface area (Å²) in [6.07, 6.45) is -3.84. The molecule has 0 aromatic carbocycles. The van der Waals surface area contributed by atoms with Gasteiger partial charge in [0.05, 0.1) is 12.1 Å². The number of carbonyl (C=O) groups excluding carboxylic acids is 2. The predicted molar refractivity (Wildman–Crippen MR) is 63.7 cm³/mol. The number of halogens is 3. The van der Waals surface area contributed by atoms with Crippen molar-refractivity contribution in [1.29, 1.82) is 0 Å². The zero-order valence-corrected chi connectivity index (χ0v) is 11.1. The van der Waals surface area contributed by atoms with Crippen molar-refractivity contribution in [2.45, 2.75) is 24.6 Å². The molecule has 1 aliphatic heterocycles. The van der Waals surface area contributed by atoms with Crippen LogP contribution in [0.15, 0.2) is 0 Å². The van der Waals surface area contributed by atoms with Crippen molar-refractivity contribution >= 4 is 11.8 Å². The van der Waals surface area contributed by atoms with Gasteiger partial charge < -0.3 is 20.7 Å². The largest absolute Gasteiger partial charge is 0.405 e. The maximum absolute atomic E-state index is 12.1. The summed E-state index contributed by atoms with van der Waals surface area (Å²) in [6, 6.07) is 0. The fourth-order valence-electron chi connectivity index (χ4n) is 1.87. The van der Waals surface area contributed by atoms with Gasteiger partial charge in [0.1, 0.15) is 6.54 Å². The second-order valence-corrected chi connectivity index (χ2v) is 4.82. The van der Waals surface area contributed by atoms with E-state index in [9.17, 15) is 22.8 Å². The van der Waals surface area contributed by atoms with Gasteiger partial charge in [-0.05, 0) is 12.8 Å². The smallest absolute Gasteiger partial charge is 0.381 e. The zero-order valence-electron chi connectivity index (χ0n) is 11.1. The molecule has 116 valence electrons. The van der Waals surface area contributed by atoms with Crippen molar-refractivity contribution in [3.05, 3.63) is 0 Å². The maximum atomic E-state index is 12.1. The van der Waals surface area contributed by atoms with E-state index in [-0.39, 0.29) is 0 Å². The molecule has 0 bridgehead atoms. The van der Waals surface area contributed by atoms with Crippen molar-refractivity contribution in [3.63, 3.8) is 0 Å². The van der Waals surface area contributed by atoms with E-state index in [0.717, 1.165) is 4.90 Å². The number of nitrogens with zero attached hydrogens (tertiary/aromatic N) is 1. The Balaban J connectivity index is 2.47. The molecule has 0 radical (unpaired) electrons. The summed E-state index contributed by atoms with van der Waals surface area (Å²) in [6.45, 7) is -1.20. The van der Waals surface area contributed by atoms with Gasteiger partial charge in [0, 0.05) is 20.3 Å². The number of hydrogen-bond acceptors (Lipinski definition) is 4. The Morgan fingerprint density at radius 1 is 1.35 bits per heavy atom. The molecule has 0 atom stereocenters. The Labute approximate surface area is 114 Å². The van der Waals surface area contributed by atoms with Crippen molar-refractivity contribution in [2.75, 3.05) is 33.4 Å². The van der Waals surface area contributed by atoms with Crippen LogP contribution in [-0.2, 0) is 14.3 Å². The molecule has 2 amide bonds. The number of nitrogens with one attached hydrogen (secondary N) is 1. The Morgan fingerprint density at radius 3 is 2.40 bits per heavy atom. The van der Waals surface area contributed by atoms with Gasteiger partial charge in [-0.2, -0.15) is 13.2 Å². The molecule has 0 aromatic heterocycles. The molecule has 0 aromatic rings. The summed E-state index contributed by atoms with van der Waals surface area (Å²) in [5.41, 5.74) is 4.83. The SMILES string of the molecule is CN(CC(=O)NCC(F)(F)F)C(=O)C1(N)CCOCC1. The molecular formula is C11H18F3N3O3. The lowest BCUT2D eigenvalue weighted by molar-refractivity contribution is -0.145. The number of ether oxygens (including phenoxy) is 1. The van der Waals surface area contributed by atoms with E-state index in [4.69, 9.17) is 10.5 Å². The van der Waals surface area contributed by atoms with E-state index in [1.807, 2.05) is 0 Å². The fourth-order valence-corrected chi connectivity index (χ4v) is 1.87. The molecule has 0 unspecified atom stereocenters. The Bertz CT molecular complexity index is 368. The van der Waals surface area contributed by atoms with Crippen molar-refractivity contribution in [3.8, 4) is 0 Å². The summed E-state index contributed by atoms with van der Waals surface area (Å²) >= 11 is 0. The molecular weight excluding hydrogens is 279 g/mol. The number of rotatable bonds is 4. The van der Waals surface area contributed by atoms with Gasteiger partial charge in [-0.1, -0.05) is 0 Å². The highest BCUT2D eigenvalue weighted by Gasteiger charge is 2.38. The quantitative estimate of drug-likeness (QED) is 0.741. The third-order valence-electron chi connectivity index (χ3n) is 3.02. The van der Waals surface area contributed by atoms with Gasteiger partial charge >= 0.3 is 6.18 Å². The first-order valence-corrected chi connectivity index (χ1v) is 6.10. The van der Waals surface area contributed by atoms with E-state index in [2.05, 4.69) is 0 Å². The topological polar surface area (TPSA) is 84.7 Å². The number of alkyl halides is 3. The average Bonchev–Trinajstić information content (AvgIpc) is 2.35. The first-order chi connectivity index (χ1) is 9.14. The lowest BCUT2D eigenvalue weighted by Crippen LogP contribution is -2.58. The third kappa shape index (κ3) is 4.97. The lowest BCUT2D eigenvalue weighted by Gasteiger charge is -2.35. The highest BCUT2D eigenvalue weighted by molar-refractivity contribution is 5.90. The summed E-state index contributed by atoms with van der Waals surface area (Å²) in [7, 11) is 1.33. The summed E-state index contributed by atoms with van der Waals surface area (Å²) in [5, 5.41) is 1.70. The van der Waals surface area contributed by atoms with E-state index < -0.39 is 36.6 Å². The molecule has 20 heavy (non-hydrogen) atoms. The number of likely N-dealkylation sites (N-methyl/N-ethyl adjacent to an activating group) is 1. The van der Waals surface area contributed by atoms with E-state index in [0.29, 0.717) is 26.1 Å². The second kappa shape index (κ2) is 6.40. The fraction of sp³-hybridized carbons (Fsp3) is 0.818. The van der Waals surface area contributed by atoms with E-state index in [1.165, 1.54) is 7.05 Å². The van der Waals surface area contributed by atoms with Gasteiger partial charge in [0.25, 0.3) is 0 Å². The number of carbonyl (C=O) groups is 2. The van der Waals surface area contributed by atoms with Crippen LogP contribution in [0.3, 0.4) is 0 Å². The van der Waals surface area contributed by atoms with Crippen LogP contribution >= 0.6 is 0 Å². The van der Waals surface area contributed by atoms with Crippen LogP contribution < -0.4 is 11.1 Å². The first kappa shape index (κ1) is 16.7. The minimum Gasteiger partial charge on any atom is -0.381 e.